The fourth-order valence-electron chi connectivity index (χ4n) is 3.56. The highest BCUT2D eigenvalue weighted by molar-refractivity contribution is 5.99. The summed E-state index contributed by atoms with van der Waals surface area (Å²) in [6.07, 6.45) is 2.99. The van der Waals surface area contributed by atoms with E-state index in [1.807, 2.05) is 20.8 Å². The van der Waals surface area contributed by atoms with E-state index in [9.17, 15) is 14.0 Å². The smallest absolute Gasteiger partial charge is 0.326 e. The molecule has 0 saturated heterocycles. The van der Waals surface area contributed by atoms with Crippen molar-refractivity contribution in [2.45, 2.75) is 33.1 Å². The van der Waals surface area contributed by atoms with E-state index in [1.54, 1.807) is 33.3 Å². The molecular formula is C24H26FN7O3. The Morgan fingerprint density at radius 1 is 1.09 bits per heavy atom. The molecule has 4 aromatic rings. The fourth-order valence-corrected chi connectivity index (χ4v) is 3.56. The van der Waals surface area contributed by atoms with Crippen LogP contribution in [0.3, 0.4) is 0 Å². The molecule has 3 N–H and O–H groups in total. The van der Waals surface area contributed by atoms with Crippen molar-refractivity contribution in [1.29, 1.82) is 0 Å². The summed E-state index contributed by atoms with van der Waals surface area (Å²) in [7, 11) is 3.29. The highest BCUT2D eigenvalue weighted by atomic mass is 19.1. The first-order chi connectivity index (χ1) is 16.5. The minimum Gasteiger partial charge on any atom is -0.424 e. The predicted molar refractivity (Wildman–Crippen MR) is 132 cm³/mol. The number of oxazole rings is 1. The Labute approximate surface area is 200 Å². The summed E-state index contributed by atoms with van der Waals surface area (Å²) in [6, 6.07) is 3.64. The molecule has 182 valence electrons. The van der Waals surface area contributed by atoms with Crippen LogP contribution in [-0.4, -0.2) is 32.6 Å². The van der Waals surface area contributed by atoms with Gasteiger partial charge in [-0.1, -0.05) is 20.8 Å². The Bertz CT molecular complexity index is 1500. The van der Waals surface area contributed by atoms with E-state index in [4.69, 9.17) is 4.42 Å². The highest BCUT2D eigenvalue weighted by Gasteiger charge is 2.21. The molecule has 0 radical (unpaired) electrons. The molecule has 0 spiro atoms. The van der Waals surface area contributed by atoms with Crippen LogP contribution in [0.15, 0.2) is 39.8 Å². The maximum Gasteiger partial charge on any atom is 0.326 e. The molecule has 1 aromatic carbocycles. The van der Waals surface area contributed by atoms with Crippen LogP contribution in [0.1, 0.15) is 32.2 Å². The number of benzene rings is 1. The number of carbonyl (C=O) groups excluding carboxylic acids is 1. The molecule has 10 nitrogen and oxygen atoms in total. The number of carbonyl (C=O) groups is 1. The molecule has 0 bridgehead atoms. The Morgan fingerprint density at radius 2 is 1.83 bits per heavy atom. The molecule has 3 aromatic heterocycles. The lowest BCUT2D eigenvalue weighted by Gasteiger charge is -2.14. The van der Waals surface area contributed by atoms with Gasteiger partial charge in [0.2, 0.25) is 17.7 Å². The molecule has 0 aliphatic rings. The zero-order valence-corrected chi connectivity index (χ0v) is 20.3. The minimum absolute atomic E-state index is 0.0948. The van der Waals surface area contributed by atoms with Gasteiger partial charge in [-0.25, -0.2) is 19.2 Å². The Hall–Kier alpha value is -4.28. The molecule has 3 heterocycles. The Morgan fingerprint density at radius 3 is 2.49 bits per heavy atom. The number of nitrogens with zero attached hydrogens (tertiary/aromatic N) is 4. The number of hydrogen-bond donors (Lipinski definition) is 3. The molecule has 4 rings (SSSR count). The van der Waals surface area contributed by atoms with Gasteiger partial charge in [0.05, 0.1) is 11.9 Å². The summed E-state index contributed by atoms with van der Waals surface area (Å²) in [6.45, 7) is 7.47. The molecule has 0 aliphatic carbocycles. The van der Waals surface area contributed by atoms with Gasteiger partial charge in [-0.3, -0.25) is 14.7 Å². The van der Waals surface area contributed by atoms with E-state index in [-0.39, 0.29) is 22.5 Å². The van der Waals surface area contributed by atoms with E-state index < -0.39 is 11.8 Å². The largest absolute Gasteiger partial charge is 0.424 e. The third-order valence-electron chi connectivity index (χ3n) is 5.41. The molecule has 0 aliphatic heterocycles. The van der Waals surface area contributed by atoms with E-state index >= 15 is 0 Å². The van der Waals surface area contributed by atoms with Crippen molar-refractivity contribution in [2.75, 3.05) is 23.0 Å². The van der Waals surface area contributed by atoms with E-state index in [2.05, 4.69) is 30.9 Å². The summed E-state index contributed by atoms with van der Waals surface area (Å²) in [5.41, 5.74) is 1.03. The molecular weight excluding hydrogens is 453 g/mol. The Kier molecular flexibility index (Phi) is 6.01. The van der Waals surface area contributed by atoms with Crippen LogP contribution in [0.2, 0.25) is 0 Å². The van der Waals surface area contributed by atoms with Gasteiger partial charge in [0.25, 0.3) is 5.56 Å². The number of anilines is 3. The van der Waals surface area contributed by atoms with Crippen LogP contribution in [0.25, 0.3) is 22.2 Å². The molecule has 0 unspecified atom stereocenters. The van der Waals surface area contributed by atoms with Gasteiger partial charge >= 0.3 is 6.03 Å². The second kappa shape index (κ2) is 8.82. The Balaban J connectivity index is 1.67. The van der Waals surface area contributed by atoms with E-state index in [0.29, 0.717) is 39.6 Å². The number of nitrogens with one attached hydrogen (secondary N) is 3. The SMILES string of the molecule is CNc1ncc2cc(-c3cc(NC(=O)Nc4cnc(C(C)(C)C)o4)c(F)cc3C)c(=O)n(C)c2n1. The normalized spacial score (nSPS) is 11.5. The standard InChI is InChI=1S/C24H26FN7O3/c1-12-7-16(25)17(29-23(34)30-18-11-27-21(35-18)24(2,3)4)9-14(12)15-8-13-10-28-22(26-5)31-19(13)32(6)20(15)33/h7-11H,1-6H3,(H,26,28,31)(H2,29,30,34). The van der Waals surface area contributed by atoms with Crippen LogP contribution in [0, 0.1) is 12.7 Å². The number of halogens is 1. The summed E-state index contributed by atoms with van der Waals surface area (Å²) in [5.74, 6) is 0.324. The number of rotatable bonds is 4. The zero-order chi connectivity index (χ0) is 25.5. The lowest BCUT2D eigenvalue weighted by atomic mass is 9.97. The zero-order valence-electron chi connectivity index (χ0n) is 20.3. The number of amides is 2. The predicted octanol–water partition coefficient (Wildman–Crippen LogP) is 4.41. The average Bonchev–Trinajstić information content (AvgIpc) is 3.27. The summed E-state index contributed by atoms with van der Waals surface area (Å²) < 4.78 is 21.7. The average molecular weight is 480 g/mol. The molecule has 2 amide bonds. The summed E-state index contributed by atoms with van der Waals surface area (Å²) in [4.78, 5) is 38.4. The number of fused-ring (bicyclic) bond motifs is 1. The van der Waals surface area contributed by atoms with Crippen LogP contribution in [0.4, 0.5) is 26.7 Å². The first kappa shape index (κ1) is 23.9. The third kappa shape index (κ3) is 4.70. The summed E-state index contributed by atoms with van der Waals surface area (Å²) >= 11 is 0. The third-order valence-corrected chi connectivity index (χ3v) is 5.41. The van der Waals surface area contributed by atoms with E-state index in [1.165, 1.54) is 22.9 Å². The second-order valence-electron chi connectivity index (χ2n) is 9.15. The molecule has 0 saturated carbocycles. The minimum atomic E-state index is -0.713. The van der Waals surface area contributed by atoms with Crippen molar-refractivity contribution in [1.82, 2.24) is 19.5 Å². The first-order valence-corrected chi connectivity index (χ1v) is 10.9. The van der Waals surface area contributed by atoms with Gasteiger partial charge in [-0.2, -0.15) is 4.98 Å². The van der Waals surface area contributed by atoms with Crippen LogP contribution >= 0.6 is 0 Å². The van der Waals surface area contributed by atoms with Crippen molar-refractivity contribution in [3.8, 4) is 11.1 Å². The first-order valence-electron chi connectivity index (χ1n) is 10.9. The van der Waals surface area contributed by atoms with Gasteiger partial charge in [0, 0.05) is 36.7 Å². The molecule has 0 atom stereocenters. The maximum absolute atomic E-state index is 14.7. The number of hydrogen-bond acceptors (Lipinski definition) is 7. The topological polar surface area (TPSA) is 127 Å². The fraction of sp³-hybridized carbons (Fsp3) is 0.292. The van der Waals surface area contributed by atoms with E-state index in [0.717, 1.165) is 0 Å². The van der Waals surface area contributed by atoms with Crippen molar-refractivity contribution < 1.29 is 13.6 Å². The van der Waals surface area contributed by atoms with Crippen LogP contribution in [-0.2, 0) is 12.5 Å². The maximum atomic E-state index is 14.7. The number of urea groups is 1. The monoisotopic (exact) mass is 479 g/mol. The van der Waals surface area contributed by atoms with Crippen molar-refractivity contribution in [3.63, 3.8) is 0 Å². The van der Waals surface area contributed by atoms with Gasteiger partial charge < -0.3 is 15.1 Å². The lowest BCUT2D eigenvalue weighted by Crippen LogP contribution is -2.22. The number of pyridine rings is 1. The van der Waals surface area contributed by atoms with Crippen LogP contribution in [0.5, 0.6) is 0 Å². The van der Waals surface area contributed by atoms with Crippen molar-refractivity contribution in [2.24, 2.45) is 7.05 Å². The quantitative estimate of drug-likeness (QED) is 0.396. The van der Waals surface area contributed by atoms with Crippen LogP contribution < -0.4 is 21.5 Å². The van der Waals surface area contributed by atoms with Gasteiger partial charge in [-0.05, 0) is 36.2 Å². The highest BCUT2D eigenvalue weighted by Crippen LogP contribution is 2.29. The molecule has 35 heavy (non-hydrogen) atoms. The lowest BCUT2D eigenvalue weighted by molar-refractivity contribution is 0.261. The van der Waals surface area contributed by atoms with Crippen molar-refractivity contribution >= 4 is 34.6 Å². The van der Waals surface area contributed by atoms with Gasteiger partial charge in [0.1, 0.15) is 11.5 Å². The number of aromatic nitrogens is 4. The van der Waals surface area contributed by atoms with Gasteiger partial charge in [-0.15, -0.1) is 0 Å². The second-order valence-corrected chi connectivity index (χ2v) is 9.15. The van der Waals surface area contributed by atoms with Crippen molar-refractivity contribution in [3.05, 3.63) is 58.2 Å². The summed E-state index contributed by atoms with van der Waals surface area (Å²) in [5, 5.41) is 8.46. The number of aryl methyl sites for hydroxylation is 2. The molecule has 11 heteroatoms. The van der Waals surface area contributed by atoms with Gasteiger partial charge in [0.15, 0.2) is 0 Å². The molecule has 0 fully saturated rings.